The molecule has 0 aliphatic carbocycles. The zero-order valence-corrected chi connectivity index (χ0v) is 14.7. The second-order valence-electron chi connectivity index (χ2n) is 6.47. The molecule has 0 saturated heterocycles. The molecule has 1 aromatic heterocycles. The van der Waals surface area contributed by atoms with E-state index in [1.54, 1.807) is 48.7 Å². The summed E-state index contributed by atoms with van der Waals surface area (Å²) in [6.07, 6.45) is 4.43. The number of hydrogen-bond donors (Lipinski definition) is 1. The number of phenols is 1. The van der Waals surface area contributed by atoms with E-state index >= 15 is 0 Å². The van der Waals surface area contributed by atoms with Gasteiger partial charge in [-0.05, 0) is 53.6 Å². The van der Waals surface area contributed by atoms with Crippen molar-refractivity contribution in [2.24, 2.45) is 0 Å². The van der Waals surface area contributed by atoms with Gasteiger partial charge in [0.05, 0.1) is 6.26 Å². The number of phenolic OH excluding ortho intramolecular Hbond substituents is 1. The van der Waals surface area contributed by atoms with Crippen molar-refractivity contribution in [3.63, 3.8) is 0 Å². The van der Waals surface area contributed by atoms with Crippen LogP contribution in [0.5, 0.6) is 11.5 Å². The van der Waals surface area contributed by atoms with Gasteiger partial charge in [-0.2, -0.15) is 0 Å². The fourth-order valence-corrected chi connectivity index (χ4v) is 2.67. The van der Waals surface area contributed by atoms with E-state index in [0.29, 0.717) is 11.5 Å². The Bertz CT molecular complexity index is 886. The van der Waals surface area contributed by atoms with Crippen molar-refractivity contribution >= 4 is 12.0 Å². The van der Waals surface area contributed by atoms with Crippen molar-refractivity contribution in [3.05, 3.63) is 89.9 Å². The van der Waals surface area contributed by atoms with Crippen LogP contribution in [0.25, 0.3) is 6.08 Å². The molecule has 0 saturated carbocycles. The average Bonchev–Trinajstić information content (AvgIpc) is 3.14. The summed E-state index contributed by atoms with van der Waals surface area (Å²) >= 11 is 0. The van der Waals surface area contributed by atoms with Gasteiger partial charge in [0.1, 0.15) is 17.3 Å². The van der Waals surface area contributed by atoms with Gasteiger partial charge in [-0.25, -0.2) is 4.79 Å². The molecular weight excluding hydrogens is 328 g/mol. The Morgan fingerprint density at radius 3 is 2.19 bits per heavy atom. The number of carbonyl (C=O) groups is 1. The first kappa shape index (κ1) is 17.5. The quantitative estimate of drug-likeness (QED) is 0.403. The van der Waals surface area contributed by atoms with E-state index in [1.807, 2.05) is 24.3 Å². The standard InChI is InChI=1S/C22H20O4/c1-22(2,16-5-9-18(23)10-6-16)17-7-11-20(12-8-17)26-21(24)14-13-19-4-3-15-25-19/h3-15,23H,1-2H3. The van der Waals surface area contributed by atoms with Gasteiger partial charge in [-0.1, -0.05) is 38.1 Å². The molecule has 3 aromatic rings. The molecule has 0 aliphatic heterocycles. The van der Waals surface area contributed by atoms with Crippen molar-refractivity contribution < 1.29 is 19.1 Å². The Balaban J connectivity index is 1.69. The maximum absolute atomic E-state index is 11.9. The monoisotopic (exact) mass is 348 g/mol. The van der Waals surface area contributed by atoms with Crippen LogP contribution in [0, 0.1) is 0 Å². The van der Waals surface area contributed by atoms with Gasteiger partial charge in [0.2, 0.25) is 0 Å². The fourth-order valence-electron chi connectivity index (χ4n) is 2.67. The van der Waals surface area contributed by atoms with Crippen molar-refractivity contribution in [2.75, 3.05) is 0 Å². The molecule has 1 N–H and O–H groups in total. The molecule has 0 atom stereocenters. The van der Waals surface area contributed by atoms with Crippen molar-refractivity contribution in [1.82, 2.24) is 0 Å². The van der Waals surface area contributed by atoms with E-state index in [4.69, 9.17) is 9.15 Å². The minimum atomic E-state index is -0.466. The van der Waals surface area contributed by atoms with Gasteiger partial charge < -0.3 is 14.3 Å². The molecule has 0 fully saturated rings. The summed E-state index contributed by atoms with van der Waals surface area (Å²) in [5.41, 5.74) is 1.92. The lowest BCUT2D eigenvalue weighted by atomic mass is 9.78. The highest BCUT2D eigenvalue weighted by atomic mass is 16.5. The summed E-state index contributed by atoms with van der Waals surface area (Å²) in [7, 11) is 0. The van der Waals surface area contributed by atoms with E-state index in [0.717, 1.165) is 11.1 Å². The van der Waals surface area contributed by atoms with Gasteiger partial charge in [-0.3, -0.25) is 0 Å². The van der Waals surface area contributed by atoms with Crippen LogP contribution in [0.4, 0.5) is 0 Å². The first-order valence-electron chi connectivity index (χ1n) is 8.28. The van der Waals surface area contributed by atoms with Crippen molar-refractivity contribution in [2.45, 2.75) is 19.3 Å². The molecule has 0 unspecified atom stereocenters. The maximum atomic E-state index is 11.9. The highest BCUT2D eigenvalue weighted by molar-refractivity contribution is 5.88. The lowest BCUT2D eigenvalue weighted by molar-refractivity contribution is -0.128. The predicted octanol–water partition coefficient (Wildman–Crippen LogP) is 4.93. The predicted molar refractivity (Wildman–Crippen MR) is 100 cm³/mol. The number of ether oxygens (including phenoxy) is 1. The normalized spacial score (nSPS) is 11.6. The minimum absolute atomic E-state index is 0.241. The average molecular weight is 348 g/mol. The topological polar surface area (TPSA) is 59.7 Å². The molecule has 2 aromatic carbocycles. The first-order valence-corrected chi connectivity index (χ1v) is 8.28. The van der Waals surface area contributed by atoms with Crippen LogP contribution in [-0.2, 0) is 10.2 Å². The number of carbonyl (C=O) groups excluding carboxylic acids is 1. The highest BCUT2D eigenvalue weighted by Crippen LogP contribution is 2.33. The van der Waals surface area contributed by atoms with Gasteiger partial charge in [0.25, 0.3) is 0 Å². The van der Waals surface area contributed by atoms with Crippen molar-refractivity contribution in [3.8, 4) is 11.5 Å². The minimum Gasteiger partial charge on any atom is -0.508 e. The summed E-state index contributed by atoms with van der Waals surface area (Å²) in [6, 6.07) is 18.1. The number of rotatable bonds is 5. The van der Waals surface area contributed by atoms with Crippen LogP contribution in [0.15, 0.2) is 77.4 Å². The third kappa shape index (κ3) is 4.03. The molecule has 3 rings (SSSR count). The smallest absolute Gasteiger partial charge is 0.336 e. The third-order valence-corrected chi connectivity index (χ3v) is 4.31. The highest BCUT2D eigenvalue weighted by Gasteiger charge is 2.23. The maximum Gasteiger partial charge on any atom is 0.336 e. The zero-order chi connectivity index (χ0) is 18.6. The molecule has 4 nitrogen and oxygen atoms in total. The largest absolute Gasteiger partial charge is 0.508 e. The zero-order valence-electron chi connectivity index (χ0n) is 14.7. The first-order chi connectivity index (χ1) is 12.4. The molecule has 0 aliphatic rings. The lowest BCUT2D eigenvalue weighted by Crippen LogP contribution is -2.18. The van der Waals surface area contributed by atoms with Crippen LogP contribution >= 0.6 is 0 Å². The second-order valence-corrected chi connectivity index (χ2v) is 6.47. The van der Waals surface area contributed by atoms with Gasteiger partial charge in [0.15, 0.2) is 0 Å². The Hall–Kier alpha value is -3.27. The summed E-state index contributed by atoms with van der Waals surface area (Å²) in [5.74, 6) is 0.846. The Morgan fingerprint density at radius 1 is 1.00 bits per heavy atom. The Labute approximate surface area is 152 Å². The van der Waals surface area contributed by atoms with E-state index < -0.39 is 5.97 Å². The third-order valence-electron chi connectivity index (χ3n) is 4.31. The van der Waals surface area contributed by atoms with Crippen molar-refractivity contribution in [1.29, 1.82) is 0 Å². The summed E-state index contributed by atoms with van der Waals surface area (Å²) in [6.45, 7) is 4.21. The van der Waals surface area contributed by atoms with Crippen LogP contribution in [0.1, 0.15) is 30.7 Å². The molecule has 0 bridgehead atoms. The summed E-state index contributed by atoms with van der Waals surface area (Å²) in [5, 5.41) is 9.46. The molecule has 1 heterocycles. The molecule has 0 radical (unpaired) electrons. The Morgan fingerprint density at radius 2 is 1.62 bits per heavy atom. The number of benzene rings is 2. The van der Waals surface area contributed by atoms with Crippen LogP contribution in [0.3, 0.4) is 0 Å². The molecule has 0 spiro atoms. The van der Waals surface area contributed by atoms with E-state index in [2.05, 4.69) is 13.8 Å². The molecule has 0 amide bonds. The van der Waals surface area contributed by atoms with E-state index in [9.17, 15) is 9.90 Å². The SMILES string of the molecule is CC(C)(c1ccc(O)cc1)c1ccc(OC(=O)C=Cc2ccco2)cc1. The Kier molecular flexibility index (Phi) is 4.94. The number of aromatic hydroxyl groups is 1. The van der Waals surface area contributed by atoms with E-state index in [-0.39, 0.29) is 11.2 Å². The van der Waals surface area contributed by atoms with E-state index in [1.165, 1.54) is 6.08 Å². The fraction of sp³-hybridized carbons (Fsp3) is 0.136. The lowest BCUT2D eigenvalue weighted by Gasteiger charge is -2.26. The van der Waals surface area contributed by atoms with Crippen LogP contribution < -0.4 is 4.74 Å². The second kappa shape index (κ2) is 7.31. The van der Waals surface area contributed by atoms with Crippen LogP contribution in [-0.4, -0.2) is 11.1 Å². The number of esters is 1. The molecule has 26 heavy (non-hydrogen) atoms. The molecule has 132 valence electrons. The van der Waals surface area contributed by atoms with Crippen LogP contribution in [0.2, 0.25) is 0 Å². The van der Waals surface area contributed by atoms with Gasteiger partial charge in [0, 0.05) is 11.5 Å². The summed E-state index contributed by atoms with van der Waals surface area (Å²) < 4.78 is 10.4. The number of hydrogen-bond acceptors (Lipinski definition) is 4. The molecule has 4 heteroatoms. The number of furan rings is 1. The van der Waals surface area contributed by atoms with Gasteiger partial charge >= 0.3 is 5.97 Å². The summed E-state index contributed by atoms with van der Waals surface area (Å²) in [4.78, 5) is 11.9. The molecular formula is C22H20O4. The van der Waals surface area contributed by atoms with Gasteiger partial charge in [-0.15, -0.1) is 0 Å².